The van der Waals surface area contributed by atoms with Gasteiger partial charge in [-0.3, -0.25) is 9.48 Å². The molecular weight excluding hydrogens is 248 g/mol. The van der Waals surface area contributed by atoms with Crippen LogP contribution in [0, 0.1) is 12.8 Å². The third kappa shape index (κ3) is 4.27. The highest BCUT2D eigenvalue weighted by Crippen LogP contribution is 2.04. The predicted molar refractivity (Wildman–Crippen MR) is 69.6 cm³/mol. The van der Waals surface area contributed by atoms with Gasteiger partial charge >= 0.3 is 12.0 Å². The molecule has 106 valence electrons. The van der Waals surface area contributed by atoms with Gasteiger partial charge in [-0.15, -0.1) is 0 Å². The summed E-state index contributed by atoms with van der Waals surface area (Å²) in [6.45, 7) is 3.99. The first kappa shape index (κ1) is 15.0. The number of aryl methyl sites for hydroxylation is 2. The molecule has 0 aliphatic rings. The minimum Gasteiger partial charge on any atom is -0.481 e. The molecule has 0 aliphatic heterocycles. The third-order valence-corrected chi connectivity index (χ3v) is 2.86. The largest absolute Gasteiger partial charge is 0.481 e. The van der Waals surface area contributed by atoms with Gasteiger partial charge in [0, 0.05) is 38.9 Å². The molecule has 0 bridgehead atoms. The zero-order valence-electron chi connectivity index (χ0n) is 11.7. The maximum absolute atomic E-state index is 11.8. The van der Waals surface area contributed by atoms with Gasteiger partial charge in [-0.25, -0.2) is 4.79 Å². The van der Waals surface area contributed by atoms with E-state index in [1.807, 2.05) is 20.2 Å². The summed E-state index contributed by atoms with van der Waals surface area (Å²) >= 11 is 0. The van der Waals surface area contributed by atoms with E-state index in [9.17, 15) is 9.59 Å². The zero-order chi connectivity index (χ0) is 14.6. The summed E-state index contributed by atoms with van der Waals surface area (Å²) < 4.78 is 1.69. The van der Waals surface area contributed by atoms with Crippen LogP contribution in [0.2, 0.25) is 0 Å². The average molecular weight is 268 g/mol. The molecule has 7 nitrogen and oxygen atoms in total. The molecule has 19 heavy (non-hydrogen) atoms. The molecular formula is C12H20N4O3. The Kier molecular flexibility index (Phi) is 4.91. The predicted octanol–water partition coefficient (Wildman–Crippen LogP) is 0.591. The molecule has 2 amide bonds. The molecule has 1 aromatic rings. The number of carbonyl (C=O) groups is 2. The van der Waals surface area contributed by atoms with Crippen LogP contribution in [0.4, 0.5) is 4.79 Å². The SMILES string of the molecule is Cc1nn(C)cc1CNC(=O)N(C)CC(C)C(=O)O. The van der Waals surface area contributed by atoms with E-state index < -0.39 is 11.9 Å². The second kappa shape index (κ2) is 6.21. The van der Waals surface area contributed by atoms with E-state index >= 15 is 0 Å². The fourth-order valence-electron chi connectivity index (χ4n) is 1.70. The lowest BCUT2D eigenvalue weighted by Crippen LogP contribution is -2.40. The number of nitrogens with one attached hydrogen (secondary N) is 1. The summed E-state index contributed by atoms with van der Waals surface area (Å²) in [6.07, 6.45) is 1.84. The summed E-state index contributed by atoms with van der Waals surface area (Å²) in [7, 11) is 3.39. The zero-order valence-corrected chi connectivity index (χ0v) is 11.7. The van der Waals surface area contributed by atoms with Crippen LogP contribution in [-0.2, 0) is 18.4 Å². The molecule has 0 spiro atoms. The smallest absolute Gasteiger partial charge is 0.317 e. The van der Waals surface area contributed by atoms with Crippen LogP contribution in [0.15, 0.2) is 6.20 Å². The first-order valence-corrected chi connectivity index (χ1v) is 6.02. The van der Waals surface area contributed by atoms with Crippen LogP contribution in [0.5, 0.6) is 0 Å². The molecule has 1 heterocycles. The van der Waals surface area contributed by atoms with Gasteiger partial charge in [0.15, 0.2) is 0 Å². The number of amides is 2. The molecule has 0 saturated carbocycles. The second-order valence-electron chi connectivity index (χ2n) is 4.69. The van der Waals surface area contributed by atoms with Crippen LogP contribution in [0.25, 0.3) is 0 Å². The number of aliphatic carboxylic acids is 1. The van der Waals surface area contributed by atoms with E-state index in [0.29, 0.717) is 6.54 Å². The van der Waals surface area contributed by atoms with Gasteiger partial charge < -0.3 is 15.3 Å². The van der Waals surface area contributed by atoms with E-state index in [1.54, 1.807) is 18.7 Å². The minimum atomic E-state index is -0.914. The van der Waals surface area contributed by atoms with Crippen LogP contribution >= 0.6 is 0 Å². The number of hydrogen-bond acceptors (Lipinski definition) is 3. The topological polar surface area (TPSA) is 87.5 Å². The summed E-state index contributed by atoms with van der Waals surface area (Å²) in [5.41, 5.74) is 1.81. The van der Waals surface area contributed by atoms with Gasteiger partial charge in [0.05, 0.1) is 11.6 Å². The number of aromatic nitrogens is 2. The Hall–Kier alpha value is -2.05. The molecule has 1 atom stereocenters. The van der Waals surface area contributed by atoms with Crippen LogP contribution in [0.3, 0.4) is 0 Å². The van der Waals surface area contributed by atoms with Crippen molar-refractivity contribution in [3.05, 3.63) is 17.5 Å². The van der Waals surface area contributed by atoms with E-state index in [0.717, 1.165) is 11.3 Å². The Morgan fingerprint density at radius 3 is 2.68 bits per heavy atom. The fraction of sp³-hybridized carbons (Fsp3) is 0.583. The van der Waals surface area contributed by atoms with Crippen LogP contribution in [0.1, 0.15) is 18.2 Å². The van der Waals surface area contributed by atoms with Gasteiger partial charge in [0.25, 0.3) is 0 Å². The van der Waals surface area contributed by atoms with Crippen molar-refractivity contribution in [1.29, 1.82) is 0 Å². The maximum atomic E-state index is 11.8. The van der Waals surface area contributed by atoms with E-state index in [2.05, 4.69) is 10.4 Å². The molecule has 0 saturated heterocycles. The lowest BCUT2D eigenvalue weighted by Gasteiger charge is -2.19. The highest BCUT2D eigenvalue weighted by molar-refractivity contribution is 5.75. The Morgan fingerprint density at radius 1 is 1.58 bits per heavy atom. The summed E-state index contributed by atoms with van der Waals surface area (Å²) in [6, 6.07) is -0.295. The number of rotatable bonds is 5. The standard InChI is InChI=1S/C12H20N4O3/c1-8(11(17)18)6-15(3)12(19)13-5-10-7-16(4)14-9(10)2/h7-8H,5-6H2,1-4H3,(H,13,19)(H,17,18). The second-order valence-corrected chi connectivity index (χ2v) is 4.69. The highest BCUT2D eigenvalue weighted by atomic mass is 16.4. The Bertz CT molecular complexity index is 470. The summed E-state index contributed by atoms with van der Waals surface area (Å²) in [5.74, 6) is -1.50. The van der Waals surface area contributed by atoms with Gasteiger partial charge in [0.2, 0.25) is 0 Å². The Labute approximate surface area is 112 Å². The van der Waals surface area contributed by atoms with Crippen LogP contribution < -0.4 is 5.32 Å². The number of nitrogens with zero attached hydrogens (tertiary/aromatic N) is 3. The van der Waals surface area contributed by atoms with Crippen molar-refractivity contribution in [2.75, 3.05) is 13.6 Å². The molecule has 1 aromatic heterocycles. The van der Waals surface area contributed by atoms with E-state index in [4.69, 9.17) is 5.11 Å². The first-order chi connectivity index (χ1) is 8.81. The molecule has 0 aliphatic carbocycles. The highest BCUT2D eigenvalue weighted by Gasteiger charge is 2.17. The van der Waals surface area contributed by atoms with Crippen molar-refractivity contribution in [3.8, 4) is 0 Å². The maximum Gasteiger partial charge on any atom is 0.317 e. The number of urea groups is 1. The van der Waals surface area contributed by atoms with Crippen molar-refractivity contribution in [2.45, 2.75) is 20.4 Å². The van der Waals surface area contributed by atoms with Gasteiger partial charge in [-0.1, -0.05) is 6.92 Å². The minimum absolute atomic E-state index is 0.174. The third-order valence-electron chi connectivity index (χ3n) is 2.86. The van der Waals surface area contributed by atoms with Crippen molar-refractivity contribution >= 4 is 12.0 Å². The molecule has 0 radical (unpaired) electrons. The average Bonchev–Trinajstić information content (AvgIpc) is 2.64. The van der Waals surface area contributed by atoms with E-state index in [1.165, 1.54) is 4.90 Å². The quantitative estimate of drug-likeness (QED) is 0.818. The summed E-state index contributed by atoms with van der Waals surface area (Å²) in [4.78, 5) is 23.9. The van der Waals surface area contributed by atoms with Crippen molar-refractivity contribution in [1.82, 2.24) is 20.0 Å². The number of carboxylic acids is 1. The van der Waals surface area contributed by atoms with E-state index in [-0.39, 0.29) is 12.6 Å². The molecule has 7 heteroatoms. The summed E-state index contributed by atoms with van der Waals surface area (Å²) in [5, 5.41) is 15.7. The number of hydrogen-bond donors (Lipinski definition) is 2. The van der Waals surface area contributed by atoms with Crippen LogP contribution in [-0.4, -0.2) is 45.4 Å². The fourth-order valence-corrected chi connectivity index (χ4v) is 1.70. The molecule has 2 N–H and O–H groups in total. The normalized spacial score (nSPS) is 12.0. The number of carboxylic acid groups (broad SMARTS) is 1. The molecule has 1 unspecified atom stereocenters. The van der Waals surface area contributed by atoms with Crippen molar-refractivity contribution in [3.63, 3.8) is 0 Å². The first-order valence-electron chi connectivity index (χ1n) is 6.02. The Balaban J connectivity index is 2.47. The van der Waals surface area contributed by atoms with Gasteiger partial charge in [-0.05, 0) is 6.92 Å². The molecule has 0 fully saturated rings. The lowest BCUT2D eigenvalue weighted by molar-refractivity contribution is -0.141. The molecule has 1 rings (SSSR count). The Morgan fingerprint density at radius 2 is 2.21 bits per heavy atom. The van der Waals surface area contributed by atoms with Crippen molar-refractivity contribution < 1.29 is 14.7 Å². The monoisotopic (exact) mass is 268 g/mol. The van der Waals surface area contributed by atoms with Gasteiger partial charge in [0.1, 0.15) is 0 Å². The van der Waals surface area contributed by atoms with Crippen molar-refractivity contribution in [2.24, 2.45) is 13.0 Å². The molecule has 0 aromatic carbocycles. The number of carbonyl (C=O) groups excluding carboxylic acids is 1. The van der Waals surface area contributed by atoms with Gasteiger partial charge in [-0.2, -0.15) is 5.10 Å². The lowest BCUT2D eigenvalue weighted by atomic mass is 10.2.